The van der Waals surface area contributed by atoms with Crippen molar-refractivity contribution in [2.75, 3.05) is 43.0 Å². The molecule has 1 aromatic heterocycles. The Hall–Kier alpha value is -4.10. The normalized spacial score (nSPS) is 14.3. The first-order valence-corrected chi connectivity index (χ1v) is 13.7. The van der Waals surface area contributed by atoms with Crippen molar-refractivity contribution < 1.29 is 37.1 Å². The standard InChI is InChI=1S/C26H30N4O8S/c1-17(2)37-20-5-7-21(8-6-20)39(34,35)30-12-10-29(11-13-30)19-4-9-22(24(15-19)36-16-25(31)32)27-26(33)23-14-18(3)38-28-23/h4-9,14-15,17H,10-13,16H2,1-3H3,(H,27,33)(H,31,32). The molecule has 208 valence electrons. The number of carbonyl (C=O) groups is 2. The Bertz CT molecular complexity index is 1430. The molecule has 12 nitrogen and oxygen atoms in total. The molecule has 1 fully saturated rings. The number of rotatable bonds is 10. The zero-order valence-electron chi connectivity index (χ0n) is 21.8. The second-order valence-electron chi connectivity index (χ2n) is 9.17. The molecule has 1 aliphatic rings. The molecule has 0 atom stereocenters. The second-order valence-corrected chi connectivity index (χ2v) is 11.1. The molecule has 1 aliphatic heterocycles. The monoisotopic (exact) mass is 558 g/mol. The van der Waals surface area contributed by atoms with Gasteiger partial charge >= 0.3 is 5.97 Å². The molecular weight excluding hydrogens is 528 g/mol. The zero-order chi connectivity index (χ0) is 28.2. The van der Waals surface area contributed by atoms with Crippen LogP contribution in [0.4, 0.5) is 11.4 Å². The molecule has 0 saturated carbocycles. The summed E-state index contributed by atoms with van der Waals surface area (Å²) in [6.45, 7) is 6.14. The molecule has 0 radical (unpaired) electrons. The smallest absolute Gasteiger partial charge is 0.341 e. The third kappa shape index (κ3) is 6.86. The molecule has 39 heavy (non-hydrogen) atoms. The fourth-order valence-electron chi connectivity index (χ4n) is 4.03. The van der Waals surface area contributed by atoms with Gasteiger partial charge in [0.15, 0.2) is 12.3 Å². The molecule has 0 spiro atoms. The van der Waals surface area contributed by atoms with E-state index >= 15 is 0 Å². The van der Waals surface area contributed by atoms with Crippen molar-refractivity contribution in [3.8, 4) is 11.5 Å². The first kappa shape index (κ1) is 27.9. The van der Waals surface area contributed by atoms with Gasteiger partial charge in [-0.05, 0) is 57.2 Å². The van der Waals surface area contributed by atoms with Crippen molar-refractivity contribution >= 4 is 33.3 Å². The number of aryl methyl sites for hydroxylation is 1. The van der Waals surface area contributed by atoms with Crippen molar-refractivity contribution in [1.29, 1.82) is 0 Å². The minimum absolute atomic E-state index is 0.0152. The van der Waals surface area contributed by atoms with Crippen LogP contribution in [0.2, 0.25) is 0 Å². The first-order chi connectivity index (χ1) is 18.5. The van der Waals surface area contributed by atoms with Gasteiger partial charge in [-0.25, -0.2) is 13.2 Å². The summed E-state index contributed by atoms with van der Waals surface area (Å²) in [5.74, 6) is -0.487. The highest BCUT2D eigenvalue weighted by Crippen LogP contribution is 2.32. The van der Waals surface area contributed by atoms with Crippen LogP contribution in [-0.4, -0.2) is 73.8 Å². The lowest BCUT2D eigenvalue weighted by Gasteiger charge is -2.35. The SMILES string of the molecule is Cc1cc(C(=O)Nc2ccc(N3CCN(S(=O)(=O)c4ccc(OC(C)C)cc4)CC3)cc2OCC(=O)O)no1. The molecule has 1 amide bonds. The van der Waals surface area contributed by atoms with Crippen molar-refractivity contribution in [3.63, 3.8) is 0 Å². The van der Waals surface area contributed by atoms with E-state index in [0.29, 0.717) is 30.3 Å². The van der Waals surface area contributed by atoms with Crippen molar-refractivity contribution in [2.45, 2.75) is 31.8 Å². The average molecular weight is 559 g/mol. The van der Waals surface area contributed by atoms with Gasteiger partial charge in [-0.2, -0.15) is 4.31 Å². The number of carboxylic acid groups (broad SMARTS) is 1. The van der Waals surface area contributed by atoms with Gasteiger partial charge < -0.3 is 29.3 Å². The van der Waals surface area contributed by atoms with Crippen molar-refractivity contribution in [2.24, 2.45) is 0 Å². The predicted molar refractivity (Wildman–Crippen MR) is 142 cm³/mol. The summed E-state index contributed by atoms with van der Waals surface area (Å²) in [7, 11) is -3.68. The Labute approximate surface area is 226 Å². The number of sulfonamides is 1. The highest BCUT2D eigenvalue weighted by molar-refractivity contribution is 7.89. The fourth-order valence-corrected chi connectivity index (χ4v) is 5.45. The molecule has 0 aliphatic carbocycles. The van der Waals surface area contributed by atoms with E-state index in [0.717, 1.165) is 0 Å². The summed E-state index contributed by atoms with van der Waals surface area (Å²) in [5, 5.41) is 15.4. The number of piperazine rings is 1. The number of anilines is 2. The number of carbonyl (C=O) groups excluding carboxylic acids is 1. The van der Waals surface area contributed by atoms with E-state index in [2.05, 4.69) is 10.5 Å². The maximum atomic E-state index is 13.2. The minimum atomic E-state index is -3.68. The third-order valence-electron chi connectivity index (χ3n) is 5.86. The summed E-state index contributed by atoms with van der Waals surface area (Å²) in [6, 6.07) is 12.8. The average Bonchev–Trinajstić information content (AvgIpc) is 3.34. The van der Waals surface area contributed by atoms with Crippen molar-refractivity contribution in [1.82, 2.24) is 9.46 Å². The van der Waals surface area contributed by atoms with E-state index in [1.54, 1.807) is 49.4 Å². The largest absolute Gasteiger partial charge is 0.491 e. The summed E-state index contributed by atoms with van der Waals surface area (Å²) >= 11 is 0. The number of benzene rings is 2. The third-order valence-corrected chi connectivity index (χ3v) is 7.78. The molecule has 4 rings (SSSR count). The maximum absolute atomic E-state index is 13.2. The van der Waals surface area contributed by atoms with Gasteiger partial charge in [0.05, 0.1) is 16.7 Å². The number of carboxylic acids is 1. The molecule has 2 aromatic carbocycles. The van der Waals surface area contributed by atoms with Gasteiger partial charge in [-0.3, -0.25) is 4.79 Å². The maximum Gasteiger partial charge on any atom is 0.341 e. The van der Waals surface area contributed by atoms with Crippen LogP contribution in [-0.2, 0) is 14.8 Å². The quantitative estimate of drug-likeness (QED) is 0.380. The highest BCUT2D eigenvalue weighted by atomic mass is 32.2. The zero-order valence-corrected chi connectivity index (χ0v) is 22.6. The number of nitrogens with zero attached hydrogens (tertiary/aromatic N) is 3. The lowest BCUT2D eigenvalue weighted by molar-refractivity contribution is -0.139. The summed E-state index contributed by atoms with van der Waals surface area (Å²) in [4.78, 5) is 25.8. The van der Waals surface area contributed by atoms with Gasteiger partial charge in [0.2, 0.25) is 10.0 Å². The molecule has 0 unspecified atom stereocenters. The number of aromatic nitrogens is 1. The van der Waals surface area contributed by atoms with Crippen LogP contribution < -0.4 is 19.7 Å². The number of ether oxygens (including phenoxy) is 2. The highest BCUT2D eigenvalue weighted by Gasteiger charge is 2.29. The lowest BCUT2D eigenvalue weighted by atomic mass is 10.2. The molecule has 3 aromatic rings. The fraction of sp³-hybridized carbons (Fsp3) is 0.346. The lowest BCUT2D eigenvalue weighted by Crippen LogP contribution is -2.48. The minimum Gasteiger partial charge on any atom is -0.491 e. The van der Waals surface area contributed by atoms with E-state index in [4.69, 9.17) is 19.1 Å². The van der Waals surface area contributed by atoms with Crippen LogP contribution in [0.5, 0.6) is 11.5 Å². The molecule has 2 N–H and O–H groups in total. The van der Waals surface area contributed by atoms with E-state index < -0.39 is 28.5 Å². The number of hydrogen-bond donors (Lipinski definition) is 2. The van der Waals surface area contributed by atoms with Crippen LogP contribution in [0.1, 0.15) is 30.1 Å². The van der Waals surface area contributed by atoms with Crippen molar-refractivity contribution in [3.05, 3.63) is 60.0 Å². The molecule has 0 bridgehead atoms. The van der Waals surface area contributed by atoms with E-state index in [9.17, 15) is 18.0 Å². The summed E-state index contributed by atoms with van der Waals surface area (Å²) in [5.41, 5.74) is 1.02. The van der Waals surface area contributed by atoms with E-state index in [-0.39, 0.29) is 41.2 Å². The van der Waals surface area contributed by atoms with Crippen LogP contribution in [0.3, 0.4) is 0 Å². The Balaban J connectivity index is 1.45. The molecule has 13 heteroatoms. The second kappa shape index (κ2) is 11.7. The predicted octanol–water partition coefficient (Wildman–Crippen LogP) is 3.00. The number of hydrogen-bond acceptors (Lipinski definition) is 9. The van der Waals surface area contributed by atoms with Gasteiger partial charge in [0.25, 0.3) is 5.91 Å². The Morgan fingerprint density at radius 3 is 2.36 bits per heavy atom. The summed E-state index contributed by atoms with van der Waals surface area (Å²) < 4.78 is 43.7. The molecular formula is C26H30N4O8S. The van der Waals surface area contributed by atoms with E-state index in [1.807, 2.05) is 18.7 Å². The first-order valence-electron chi connectivity index (χ1n) is 12.3. The van der Waals surface area contributed by atoms with Gasteiger partial charge in [0.1, 0.15) is 17.3 Å². The Kier molecular flexibility index (Phi) is 8.41. The van der Waals surface area contributed by atoms with Gasteiger partial charge in [-0.15, -0.1) is 0 Å². The topological polar surface area (TPSA) is 152 Å². The number of aliphatic carboxylic acids is 1. The van der Waals surface area contributed by atoms with Gasteiger partial charge in [0, 0.05) is 44.0 Å². The molecule has 2 heterocycles. The Morgan fingerprint density at radius 1 is 1.08 bits per heavy atom. The van der Waals surface area contributed by atoms with Gasteiger partial charge in [-0.1, -0.05) is 5.16 Å². The van der Waals surface area contributed by atoms with Crippen LogP contribution in [0.25, 0.3) is 0 Å². The van der Waals surface area contributed by atoms with Crippen LogP contribution in [0.15, 0.2) is 57.9 Å². The van der Waals surface area contributed by atoms with E-state index in [1.165, 1.54) is 10.4 Å². The van der Waals surface area contributed by atoms with Crippen LogP contribution >= 0.6 is 0 Å². The number of amides is 1. The summed E-state index contributed by atoms with van der Waals surface area (Å²) in [6.07, 6.45) is -0.0152. The molecule has 1 saturated heterocycles. The van der Waals surface area contributed by atoms with Crippen LogP contribution in [0, 0.1) is 6.92 Å². The number of nitrogens with one attached hydrogen (secondary N) is 1. The Morgan fingerprint density at radius 2 is 1.77 bits per heavy atom.